The summed E-state index contributed by atoms with van der Waals surface area (Å²) in [5.74, 6) is -0.316. The van der Waals surface area contributed by atoms with E-state index < -0.39 is 0 Å². The molecule has 0 amide bonds. The number of nitrogens with zero attached hydrogens (tertiary/aromatic N) is 1. The van der Waals surface area contributed by atoms with Crippen LogP contribution in [0.3, 0.4) is 0 Å². The van der Waals surface area contributed by atoms with Crippen LogP contribution in [0.2, 0.25) is 0 Å². The average molecular weight is 231 g/mol. The van der Waals surface area contributed by atoms with Crippen LogP contribution in [0.25, 0.3) is 10.8 Å². The van der Waals surface area contributed by atoms with Gasteiger partial charge in [-0.15, -0.1) is 0 Å². The molecule has 0 aliphatic carbocycles. The SMILES string of the molecule is COC(=O)CNc1ccc(N)c2cnccc12. The standard InChI is InChI=1S/C12H13N3O2/c1-17-12(16)7-15-11-3-2-10(13)9-6-14-5-4-8(9)11/h2-6,15H,7,13H2,1H3. The third-order valence-corrected chi connectivity index (χ3v) is 2.50. The van der Waals surface area contributed by atoms with Crippen molar-refractivity contribution in [3.8, 4) is 0 Å². The molecule has 0 bridgehead atoms. The molecule has 88 valence electrons. The quantitative estimate of drug-likeness (QED) is 0.616. The molecule has 0 fully saturated rings. The van der Waals surface area contributed by atoms with Crippen molar-refractivity contribution in [3.05, 3.63) is 30.6 Å². The maximum atomic E-state index is 11.1. The molecule has 2 rings (SSSR count). The summed E-state index contributed by atoms with van der Waals surface area (Å²) < 4.78 is 4.57. The summed E-state index contributed by atoms with van der Waals surface area (Å²) in [5.41, 5.74) is 7.35. The van der Waals surface area contributed by atoms with E-state index in [0.29, 0.717) is 5.69 Å². The number of esters is 1. The molecule has 0 atom stereocenters. The van der Waals surface area contributed by atoms with Crippen molar-refractivity contribution >= 4 is 28.1 Å². The Kier molecular flexibility index (Phi) is 3.09. The molecule has 0 radical (unpaired) electrons. The molecule has 0 spiro atoms. The first kappa shape index (κ1) is 11.2. The number of anilines is 2. The van der Waals surface area contributed by atoms with Crippen LogP contribution in [0.1, 0.15) is 0 Å². The molecule has 1 aromatic heterocycles. The number of nitrogens with one attached hydrogen (secondary N) is 1. The largest absolute Gasteiger partial charge is 0.468 e. The van der Waals surface area contributed by atoms with Crippen LogP contribution < -0.4 is 11.1 Å². The van der Waals surface area contributed by atoms with Gasteiger partial charge >= 0.3 is 5.97 Å². The number of pyridine rings is 1. The first-order chi connectivity index (χ1) is 8.22. The number of hydrogen-bond donors (Lipinski definition) is 2. The lowest BCUT2D eigenvalue weighted by atomic mass is 10.1. The number of carbonyl (C=O) groups is 1. The van der Waals surface area contributed by atoms with Gasteiger partial charge in [-0.25, -0.2) is 0 Å². The Morgan fingerprint density at radius 3 is 3.00 bits per heavy atom. The Bertz CT molecular complexity index is 554. The molecule has 3 N–H and O–H groups in total. The van der Waals surface area contributed by atoms with Gasteiger partial charge in [0.2, 0.25) is 0 Å². The van der Waals surface area contributed by atoms with E-state index in [1.807, 2.05) is 12.1 Å². The normalized spacial score (nSPS) is 10.2. The van der Waals surface area contributed by atoms with E-state index in [1.165, 1.54) is 7.11 Å². The van der Waals surface area contributed by atoms with Crippen molar-refractivity contribution in [3.63, 3.8) is 0 Å². The number of nitrogens with two attached hydrogens (primary N) is 1. The van der Waals surface area contributed by atoms with Crippen LogP contribution >= 0.6 is 0 Å². The second-order valence-corrected chi connectivity index (χ2v) is 3.55. The number of benzene rings is 1. The summed E-state index contributed by atoms with van der Waals surface area (Å²) in [4.78, 5) is 15.1. The Balaban J connectivity index is 2.35. The minimum Gasteiger partial charge on any atom is -0.468 e. The zero-order valence-electron chi connectivity index (χ0n) is 9.43. The molecular weight excluding hydrogens is 218 g/mol. The lowest BCUT2D eigenvalue weighted by Crippen LogP contribution is -2.15. The van der Waals surface area contributed by atoms with Crippen molar-refractivity contribution in [2.45, 2.75) is 0 Å². The maximum absolute atomic E-state index is 11.1. The van der Waals surface area contributed by atoms with E-state index in [9.17, 15) is 4.79 Å². The van der Waals surface area contributed by atoms with Gasteiger partial charge < -0.3 is 15.8 Å². The Labute approximate surface area is 98.6 Å². The van der Waals surface area contributed by atoms with Gasteiger partial charge in [0.15, 0.2) is 0 Å². The topological polar surface area (TPSA) is 77.2 Å². The highest BCUT2D eigenvalue weighted by Gasteiger charge is 2.05. The van der Waals surface area contributed by atoms with Gasteiger partial charge in [-0.2, -0.15) is 0 Å². The second kappa shape index (κ2) is 4.69. The molecule has 0 saturated carbocycles. The number of methoxy groups -OCH3 is 1. The zero-order valence-corrected chi connectivity index (χ0v) is 9.43. The van der Waals surface area contributed by atoms with E-state index in [4.69, 9.17) is 5.73 Å². The lowest BCUT2D eigenvalue weighted by Gasteiger charge is -2.09. The molecule has 0 unspecified atom stereocenters. The first-order valence-electron chi connectivity index (χ1n) is 5.15. The molecule has 0 aliphatic heterocycles. The fourth-order valence-corrected chi connectivity index (χ4v) is 1.61. The highest BCUT2D eigenvalue weighted by atomic mass is 16.5. The molecular formula is C12H13N3O2. The summed E-state index contributed by atoms with van der Waals surface area (Å²) in [6, 6.07) is 5.47. The average Bonchev–Trinajstić information content (AvgIpc) is 2.38. The fourth-order valence-electron chi connectivity index (χ4n) is 1.61. The highest BCUT2D eigenvalue weighted by molar-refractivity contribution is 6.01. The minimum atomic E-state index is -0.316. The smallest absolute Gasteiger partial charge is 0.325 e. The van der Waals surface area contributed by atoms with Crippen LogP contribution in [0.4, 0.5) is 11.4 Å². The molecule has 1 aromatic carbocycles. The molecule has 1 heterocycles. The fraction of sp³-hybridized carbons (Fsp3) is 0.167. The highest BCUT2D eigenvalue weighted by Crippen LogP contribution is 2.27. The van der Waals surface area contributed by atoms with Crippen molar-refractivity contribution in [2.75, 3.05) is 24.7 Å². The van der Waals surface area contributed by atoms with Crippen molar-refractivity contribution in [2.24, 2.45) is 0 Å². The number of aromatic nitrogens is 1. The van der Waals surface area contributed by atoms with Crippen LogP contribution in [-0.2, 0) is 9.53 Å². The molecule has 0 saturated heterocycles. The zero-order chi connectivity index (χ0) is 12.3. The molecule has 0 aliphatic rings. The van der Waals surface area contributed by atoms with Crippen LogP contribution in [0, 0.1) is 0 Å². The van der Waals surface area contributed by atoms with Crippen LogP contribution in [0.5, 0.6) is 0 Å². The maximum Gasteiger partial charge on any atom is 0.325 e. The monoisotopic (exact) mass is 231 g/mol. The summed E-state index contributed by atoms with van der Waals surface area (Å²) >= 11 is 0. The van der Waals surface area contributed by atoms with E-state index in [0.717, 1.165) is 16.5 Å². The first-order valence-corrected chi connectivity index (χ1v) is 5.15. The second-order valence-electron chi connectivity index (χ2n) is 3.55. The number of ether oxygens (including phenoxy) is 1. The van der Waals surface area contributed by atoms with Gasteiger partial charge in [0.05, 0.1) is 7.11 Å². The predicted octanol–water partition coefficient (Wildman–Crippen LogP) is 1.40. The minimum absolute atomic E-state index is 0.123. The summed E-state index contributed by atoms with van der Waals surface area (Å²) in [5, 5.41) is 4.81. The van der Waals surface area contributed by atoms with Gasteiger partial charge in [-0.1, -0.05) is 0 Å². The predicted molar refractivity (Wildman–Crippen MR) is 66.7 cm³/mol. The van der Waals surface area contributed by atoms with Gasteiger partial charge in [0, 0.05) is 34.5 Å². The molecule has 5 heteroatoms. The summed E-state index contributed by atoms with van der Waals surface area (Å²) in [6.45, 7) is 0.123. The van der Waals surface area contributed by atoms with Crippen molar-refractivity contribution in [1.29, 1.82) is 0 Å². The van der Waals surface area contributed by atoms with E-state index in [-0.39, 0.29) is 12.5 Å². The van der Waals surface area contributed by atoms with Gasteiger partial charge in [-0.3, -0.25) is 9.78 Å². The van der Waals surface area contributed by atoms with E-state index >= 15 is 0 Å². The summed E-state index contributed by atoms with van der Waals surface area (Å²) in [7, 11) is 1.36. The van der Waals surface area contributed by atoms with Crippen LogP contribution in [0.15, 0.2) is 30.6 Å². The van der Waals surface area contributed by atoms with E-state index in [2.05, 4.69) is 15.0 Å². The van der Waals surface area contributed by atoms with Crippen molar-refractivity contribution in [1.82, 2.24) is 4.98 Å². The van der Waals surface area contributed by atoms with Crippen molar-refractivity contribution < 1.29 is 9.53 Å². The number of fused-ring (bicyclic) bond motifs is 1. The number of carbonyl (C=O) groups excluding carboxylic acids is 1. The molecule has 2 aromatic rings. The van der Waals surface area contributed by atoms with Gasteiger partial charge in [0.1, 0.15) is 6.54 Å². The van der Waals surface area contributed by atoms with Gasteiger partial charge in [0.25, 0.3) is 0 Å². The third kappa shape index (κ3) is 2.28. The lowest BCUT2D eigenvalue weighted by molar-refractivity contribution is -0.138. The van der Waals surface area contributed by atoms with Crippen LogP contribution in [-0.4, -0.2) is 24.6 Å². The molecule has 17 heavy (non-hydrogen) atoms. The Morgan fingerprint density at radius 2 is 2.24 bits per heavy atom. The number of nitrogen functional groups attached to an aromatic ring is 1. The van der Waals surface area contributed by atoms with E-state index in [1.54, 1.807) is 18.5 Å². The molecule has 5 nitrogen and oxygen atoms in total. The Morgan fingerprint density at radius 1 is 1.41 bits per heavy atom. The summed E-state index contributed by atoms with van der Waals surface area (Å²) in [6.07, 6.45) is 3.39. The number of hydrogen-bond acceptors (Lipinski definition) is 5. The third-order valence-electron chi connectivity index (χ3n) is 2.50. The number of rotatable bonds is 3. The Hall–Kier alpha value is -2.30. The van der Waals surface area contributed by atoms with Gasteiger partial charge in [-0.05, 0) is 18.2 Å².